The quantitative estimate of drug-likeness (QED) is 0.380. The molecule has 0 aromatic heterocycles. The van der Waals surface area contributed by atoms with E-state index in [2.05, 4.69) is 10.3 Å². The normalized spacial score (nSPS) is 11.1. The maximum absolute atomic E-state index is 13.1. The third-order valence-corrected chi connectivity index (χ3v) is 3.20. The molecule has 24 heavy (non-hydrogen) atoms. The minimum absolute atomic E-state index is 0. The molecule has 0 unspecified atom stereocenters. The maximum Gasteiger partial charge on any atom is 0.193 e. The van der Waals surface area contributed by atoms with Crippen LogP contribution in [0, 0.1) is 5.82 Å². The van der Waals surface area contributed by atoms with Gasteiger partial charge in [0.05, 0.1) is 17.7 Å². The number of nitrogens with one attached hydrogen (secondary N) is 1. The lowest BCUT2D eigenvalue weighted by Gasteiger charge is -2.11. The first-order chi connectivity index (χ1) is 10.9. The monoisotopic (exact) mass is 463 g/mol. The van der Waals surface area contributed by atoms with E-state index in [9.17, 15) is 4.39 Å². The molecule has 0 spiro atoms. The van der Waals surface area contributed by atoms with Crippen molar-refractivity contribution in [3.05, 3.63) is 58.9 Å². The highest BCUT2D eigenvalue weighted by atomic mass is 127. The second-order valence-electron chi connectivity index (χ2n) is 5.27. The maximum atomic E-state index is 13.1. The predicted octanol–water partition coefficient (Wildman–Crippen LogP) is 4.81. The Morgan fingerprint density at radius 1 is 1.25 bits per heavy atom. The first kappa shape index (κ1) is 20.5. The smallest absolute Gasteiger partial charge is 0.193 e. The van der Waals surface area contributed by atoms with Crippen LogP contribution >= 0.6 is 35.6 Å². The Hall–Kier alpha value is -1.54. The van der Waals surface area contributed by atoms with Crippen LogP contribution in [0.1, 0.15) is 19.4 Å². The number of nitrogens with two attached hydrogens (primary N) is 1. The summed E-state index contributed by atoms with van der Waals surface area (Å²) in [5.74, 6) is 0.610. The zero-order valence-corrected chi connectivity index (χ0v) is 16.5. The Labute approximate surface area is 163 Å². The van der Waals surface area contributed by atoms with Crippen molar-refractivity contribution >= 4 is 47.2 Å². The average Bonchev–Trinajstić information content (AvgIpc) is 2.50. The lowest BCUT2D eigenvalue weighted by atomic mass is 10.2. The van der Waals surface area contributed by atoms with Gasteiger partial charge in [0, 0.05) is 5.69 Å². The molecule has 0 aliphatic rings. The molecule has 130 valence electrons. The predicted molar refractivity (Wildman–Crippen MR) is 108 cm³/mol. The van der Waals surface area contributed by atoms with Crippen LogP contribution in [-0.2, 0) is 6.54 Å². The molecular weight excluding hydrogens is 444 g/mol. The fourth-order valence-corrected chi connectivity index (χ4v) is 2.09. The van der Waals surface area contributed by atoms with Crippen LogP contribution in [0.25, 0.3) is 0 Å². The molecular formula is C17H20ClFIN3O. The molecule has 0 heterocycles. The van der Waals surface area contributed by atoms with Gasteiger partial charge in [-0.25, -0.2) is 9.38 Å². The molecule has 0 aliphatic carbocycles. The first-order valence-electron chi connectivity index (χ1n) is 7.21. The van der Waals surface area contributed by atoms with Crippen LogP contribution in [0.15, 0.2) is 47.5 Å². The second kappa shape index (κ2) is 9.68. The summed E-state index contributed by atoms with van der Waals surface area (Å²) in [6.07, 6.45) is 0.128. The van der Waals surface area contributed by atoms with Crippen LogP contribution < -0.4 is 15.8 Å². The van der Waals surface area contributed by atoms with Gasteiger partial charge in [-0.2, -0.15) is 0 Å². The molecule has 0 saturated heterocycles. The highest BCUT2D eigenvalue weighted by Crippen LogP contribution is 2.18. The highest BCUT2D eigenvalue weighted by molar-refractivity contribution is 14.0. The minimum atomic E-state index is -0.450. The summed E-state index contributed by atoms with van der Waals surface area (Å²) < 4.78 is 18.6. The molecule has 0 fully saturated rings. The summed E-state index contributed by atoms with van der Waals surface area (Å²) in [4.78, 5) is 4.20. The summed E-state index contributed by atoms with van der Waals surface area (Å²) in [6, 6.07) is 11.9. The number of aliphatic imine (C=N–C) groups is 1. The zero-order valence-electron chi connectivity index (χ0n) is 13.4. The van der Waals surface area contributed by atoms with Crippen LogP contribution in [-0.4, -0.2) is 12.1 Å². The van der Waals surface area contributed by atoms with Crippen molar-refractivity contribution in [2.45, 2.75) is 26.5 Å². The van der Waals surface area contributed by atoms with Gasteiger partial charge >= 0.3 is 0 Å². The summed E-state index contributed by atoms with van der Waals surface area (Å²) in [5, 5.41) is 3.06. The zero-order chi connectivity index (χ0) is 16.8. The number of hydrogen-bond donors (Lipinski definition) is 2. The van der Waals surface area contributed by atoms with Gasteiger partial charge < -0.3 is 15.8 Å². The largest absolute Gasteiger partial charge is 0.491 e. The highest BCUT2D eigenvalue weighted by Gasteiger charge is 2.02. The molecule has 0 saturated carbocycles. The number of ether oxygens (including phenoxy) is 1. The Morgan fingerprint density at radius 2 is 1.92 bits per heavy atom. The third-order valence-electron chi connectivity index (χ3n) is 2.91. The SMILES string of the molecule is CC(C)Oc1ccc(NC(N)=NCc2ccc(F)c(Cl)c2)cc1.I. The number of rotatable bonds is 5. The van der Waals surface area contributed by atoms with Gasteiger partial charge in [-0.3, -0.25) is 0 Å². The van der Waals surface area contributed by atoms with E-state index < -0.39 is 5.82 Å². The van der Waals surface area contributed by atoms with E-state index in [1.54, 1.807) is 6.07 Å². The van der Waals surface area contributed by atoms with E-state index in [1.165, 1.54) is 12.1 Å². The van der Waals surface area contributed by atoms with Crippen LogP contribution in [0.2, 0.25) is 5.02 Å². The second-order valence-corrected chi connectivity index (χ2v) is 5.67. The van der Waals surface area contributed by atoms with Crippen LogP contribution in [0.4, 0.5) is 10.1 Å². The van der Waals surface area contributed by atoms with E-state index in [0.717, 1.165) is 17.0 Å². The van der Waals surface area contributed by atoms with Crippen molar-refractivity contribution in [2.75, 3.05) is 5.32 Å². The van der Waals surface area contributed by atoms with E-state index in [4.69, 9.17) is 22.1 Å². The summed E-state index contributed by atoms with van der Waals surface area (Å²) >= 11 is 5.73. The van der Waals surface area contributed by atoms with Gasteiger partial charge in [-0.1, -0.05) is 17.7 Å². The summed E-state index contributed by atoms with van der Waals surface area (Å²) in [6.45, 7) is 4.25. The number of anilines is 1. The molecule has 7 heteroatoms. The molecule has 0 atom stereocenters. The fourth-order valence-electron chi connectivity index (χ4n) is 1.89. The number of hydrogen-bond acceptors (Lipinski definition) is 2. The van der Waals surface area contributed by atoms with E-state index >= 15 is 0 Å². The lowest BCUT2D eigenvalue weighted by Crippen LogP contribution is -2.22. The fraction of sp³-hybridized carbons (Fsp3) is 0.235. The lowest BCUT2D eigenvalue weighted by molar-refractivity contribution is 0.242. The van der Waals surface area contributed by atoms with Crippen molar-refractivity contribution < 1.29 is 9.13 Å². The van der Waals surface area contributed by atoms with Crippen molar-refractivity contribution in [1.29, 1.82) is 0 Å². The Morgan fingerprint density at radius 3 is 2.50 bits per heavy atom. The third kappa shape index (κ3) is 6.52. The van der Waals surface area contributed by atoms with Gasteiger partial charge in [0.2, 0.25) is 0 Å². The Kier molecular flexibility index (Phi) is 8.27. The van der Waals surface area contributed by atoms with Crippen LogP contribution in [0.5, 0.6) is 5.75 Å². The van der Waals surface area contributed by atoms with Gasteiger partial charge in [-0.05, 0) is 55.8 Å². The molecule has 0 radical (unpaired) electrons. The first-order valence-corrected chi connectivity index (χ1v) is 7.59. The molecule has 2 aromatic rings. The Balaban J connectivity index is 0.00000288. The topological polar surface area (TPSA) is 59.6 Å². The molecule has 2 rings (SSSR count). The molecule has 2 aromatic carbocycles. The van der Waals surface area contributed by atoms with E-state index in [0.29, 0.717) is 6.54 Å². The average molecular weight is 464 g/mol. The minimum Gasteiger partial charge on any atom is -0.491 e. The van der Waals surface area contributed by atoms with Gasteiger partial charge in [0.1, 0.15) is 11.6 Å². The molecule has 3 N–H and O–H groups in total. The summed E-state index contributed by atoms with van der Waals surface area (Å²) in [7, 11) is 0. The number of benzene rings is 2. The van der Waals surface area contributed by atoms with Crippen molar-refractivity contribution in [3.8, 4) is 5.75 Å². The van der Waals surface area contributed by atoms with Crippen LogP contribution in [0.3, 0.4) is 0 Å². The van der Waals surface area contributed by atoms with E-state index in [1.807, 2.05) is 38.1 Å². The number of guanidine groups is 1. The number of halogens is 3. The van der Waals surface area contributed by atoms with Crippen molar-refractivity contribution in [3.63, 3.8) is 0 Å². The molecule has 0 amide bonds. The van der Waals surface area contributed by atoms with Crippen molar-refractivity contribution in [1.82, 2.24) is 0 Å². The Bertz CT molecular complexity index is 693. The summed E-state index contributed by atoms with van der Waals surface area (Å²) in [5.41, 5.74) is 7.43. The molecule has 0 aliphatic heterocycles. The van der Waals surface area contributed by atoms with Gasteiger partial charge in [-0.15, -0.1) is 24.0 Å². The van der Waals surface area contributed by atoms with Gasteiger partial charge in [0.15, 0.2) is 5.96 Å². The standard InChI is InChI=1S/C17H19ClFN3O.HI/c1-11(2)23-14-6-4-13(5-7-14)22-17(20)21-10-12-3-8-16(19)15(18)9-12;/h3-9,11H,10H2,1-2H3,(H3,20,21,22);1H. The van der Waals surface area contributed by atoms with E-state index in [-0.39, 0.29) is 41.1 Å². The number of nitrogens with zero attached hydrogens (tertiary/aromatic N) is 1. The molecule has 4 nitrogen and oxygen atoms in total. The van der Waals surface area contributed by atoms with Gasteiger partial charge in [0.25, 0.3) is 0 Å². The molecule has 0 bridgehead atoms. The van der Waals surface area contributed by atoms with Crippen molar-refractivity contribution in [2.24, 2.45) is 10.7 Å².